The van der Waals surface area contributed by atoms with Gasteiger partial charge in [-0.2, -0.15) is 0 Å². The van der Waals surface area contributed by atoms with E-state index in [1.54, 1.807) is 6.08 Å². The van der Waals surface area contributed by atoms with Crippen molar-refractivity contribution in [3.8, 4) is 0 Å². The van der Waals surface area contributed by atoms with Crippen molar-refractivity contribution >= 4 is 5.91 Å². The monoisotopic (exact) mass is 686 g/mol. The molecule has 0 heterocycles. The maximum Gasteiger partial charge on any atom is 0.220 e. The van der Waals surface area contributed by atoms with Crippen molar-refractivity contribution < 1.29 is 15.0 Å². The second-order valence-corrected chi connectivity index (χ2v) is 14.4. The van der Waals surface area contributed by atoms with Gasteiger partial charge in [-0.15, -0.1) is 0 Å². The number of unbranched alkanes of at least 4 members (excludes halogenated alkanes) is 25. The predicted octanol–water partition coefficient (Wildman–Crippen LogP) is 13.2. The van der Waals surface area contributed by atoms with Gasteiger partial charge < -0.3 is 15.5 Å². The third kappa shape index (κ3) is 37.4. The van der Waals surface area contributed by atoms with Crippen molar-refractivity contribution in [1.29, 1.82) is 0 Å². The van der Waals surface area contributed by atoms with E-state index in [9.17, 15) is 15.0 Å². The van der Waals surface area contributed by atoms with Gasteiger partial charge in [-0.1, -0.05) is 191 Å². The number of amides is 1. The van der Waals surface area contributed by atoms with E-state index in [1.165, 1.54) is 141 Å². The maximum atomic E-state index is 12.3. The number of aliphatic hydroxyl groups is 2. The van der Waals surface area contributed by atoms with Crippen LogP contribution in [0.3, 0.4) is 0 Å². The maximum absolute atomic E-state index is 12.3. The molecule has 0 aliphatic rings. The number of allylic oxidation sites excluding steroid dienone is 7. The number of hydrogen-bond donors (Lipinski definition) is 3. The summed E-state index contributed by atoms with van der Waals surface area (Å²) in [7, 11) is 0. The van der Waals surface area contributed by atoms with E-state index in [-0.39, 0.29) is 12.5 Å². The molecule has 2 atom stereocenters. The summed E-state index contributed by atoms with van der Waals surface area (Å²) < 4.78 is 0. The molecule has 0 aromatic carbocycles. The molecule has 0 saturated heterocycles. The average Bonchev–Trinajstić information content (AvgIpc) is 3.10. The van der Waals surface area contributed by atoms with Gasteiger partial charge in [-0.3, -0.25) is 4.79 Å². The molecule has 1 amide bonds. The Balaban J connectivity index is 3.64. The quantitative estimate of drug-likeness (QED) is 0.0447. The Hall–Kier alpha value is -1.65. The molecule has 286 valence electrons. The summed E-state index contributed by atoms with van der Waals surface area (Å²) in [4.78, 5) is 12.3. The van der Waals surface area contributed by atoms with Crippen molar-refractivity contribution in [3.05, 3.63) is 48.6 Å². The highest BCUT2D eigenvalue weighted by Gasteiger charge is 2.17. The smallest absolute Gasteiger partial charge is 0.220 e. The Labute approximate surface area is 305 Å². The first kappa shape index (κ1) is 47.4. The van der Waals surface area contributed by atoms with Crippen LogP contribution in [0.2, 0.25) is 0 Å². The van der Waals surface area contributed by atoms with Crippen LogP contribution in [-0.4, -0.2) is 34.9 Å². The van der Waals surface area contributed by atoms with Gasteiger partial charge in [0.2, 0.25) is 5.91 Å². The van der Waals surface area contributed by atoms with Crippen LogP contribution in [-0.2, 0) is 4.79 Å². The van der Waals surface area contributed by atoms with Crippen LogP contribution in [0.1, 0.15) is 213 Å². The fourth-order valence-corrected chi connectivity index (χ4v) is 6.22. The van der Waals surface area contributed by atoms with Crippen LogP contribution in [0.5, 0.6) is 0 Å². The Bertz CT molecular complexity index is 786. The summed E-state index contributed by atoms with van der Waals surface area (Å²) >= 11 is 0. The van der Waals surface area contributed by atoms with E-state index in [0.29, 0.717) is 6.42 Å². The van der Waals surface area contributed by atoms with Crippen LogP contribution in [0.15, 0.2) is 48.6 Å². The lowest BCUT2D eigenvalue weighted by atomic mass is 10.0. The van der Waals surface area contributed by atoms with E-state index < -0.39 is 12.1 Å². The van der Waals surface area contributed by atoms with E-state index in [1.807, 2.05) is 6.08 Å². The number of carbonyl (C=O) groups excluding carboxylic acids is 1. The highest BCUT2D eigenvalue weighted by molar-refractivity contribution is 5.76. The van der Waals surface area contributed by atoms with Crippen molar-refractivity contribution in [3.63, 3.8) is 0 Å². The number of rotatable bonds is 38. The van der Waals surface area contributed by atoms with E-state index >= 15 is 0 Å². The molecule has 0 saturated carbocycles. The van der Waals surface area contributed by atoms with Gasteiger partial charge in [-0.25, -0.2) is 0 Å². The lowest BCUT2D eigenvalue weighted by molar-refractivity contribution is -0.123. The van der Waals surface area contributed by atoms with Crippen LogP contribution in [0, 0.1) is 0 Å². The van der Waals surface area contributed by atoms with Crippen molar-refractivity contribution in [2.24, 2.45) is 0 Å². The summed E-state index contributed by atoms with van der Waals surface area (Å²) in [5.74, 6) is -0.0887. The summed E-state index contributed by atoms with van der Waals surface area (Å²) in [5, 5.41) is 22.9. The highest BCUT2D eigenvalue weighted by Crippen LogP contribution is 2.14. The van der Waals surface area contributed by atoms with Crippen molar-refractivity contribution in [1.82, 2.24) is 5.32 Å². The zero-order valence-corrected chi connectivity index (χ0v) is 32.7. The third-order valence-electron chi connectivity index (χ3n) is 9.53. The molecule has 0 aromatic heterocycles. The highest BCUT2D eigenvalue weighted by atomic mass is 16.3. The lowest BCUT2D eigenvalue weighted by Gasteiger charge is -2.19. The molecule has 49 heavy (non-hydrogen) atoms. The van der Waals surface area contributed by atoms with Gasteiger partial charge in [0.05, 0.1) is 18.8 Å². The molecule has 0 rings (SSSR count). The molecule has 2 unspecified atom stereocenters. The Morgan fingerprint density at radius 1 is 0.490 bits per heavy atom. The van der Waals surface area contributed by atoms with Crippen LogP contribution < -0.4 is 5.32 Å². The molecule has 0 bridgehead atoms. The fourth-order valence-electron chi connectivity index (χ4n) is 6.22. The van der Waals surface area contributed by atoms with Crippen LogP contribution >= 0.6 is 0 Å². The van der Waals surface area contributed by atoms with Gasteiger partial charge in [0.25, 0.3) is 0 Å². The second kappa shape index (κ2) is 40.8. The minimum absolute atomic E-state index is 0.0887. The molecule has 3 N–H and O–H groups in total. The molecule has 4 nitrogen and oxygen atoms in total. The lowest BCUT2D eigenvalue weighted by Crippen LogP contribution is -2.45. The molecule has 0 spiro atoms. The van der Waals surface area contributed by atoms with Gasteiger partial charge in [0.1, 0.15) is 0 Å². The van der Waals surface area contributed by atoms with Crippen LogP contribution in [0.25, 0.3) is 0 Å². The van der Waals surface area contributed by atoms with E-state index in [2.05, 4.69) is 55.6 Å². The van der Waals surface area contributed by atoms with Gasteiger partial charge >= 0.3 is 0 Å². The topological polar surface area (TPSA) is 69.6 Å². The molecule has 4 heteroatoms. The minimum Gasteiger partial charge on any atom is -0.394 e. The Kier molecular flexibility index (Phi) is 39.4. The predicted molar refractivity (Wildman–Crippen MR) is 216 cm³/mol. The van der Waals surface area contributed by atoms with E-state index in [0.717, 1.165) is 51.4 Å². The van der Waals surface area contributed by atoms with Crippen LogP contribution in [0.4, 0.5) is 0 Å². The first-order chi connectivity index (χ1) is 24.2. The van der Waals surface area contributed by atoms with Gasteiger partial charge in [0.15, 0.2) is 0 Å². The third-order valence-corrected chi connectivity index (χ3v) is 9.53. The van der Waals surface area contributed by atoms with Crippen molar-refractivity contribution in [2.45, 2.75) is 225 Å². The SMILES string of the molecule is CCCCC/C=C\C/C=C\CCCCCCCC(=O)NC(CO)C(O)/C=C/CC/C=C/CCCCCCCCCCCCCCCCCC. The summed E-state index contributed by atoms with van der Waals surface area (Å²) in [6.07, 6.45) is 55.0. The summed E-state index contributed by atoms with van der Waals surface area (Å²) in [5.41, 5.74) is 0. The average molecular weight is 686 g/mol. The number of hydrogen-bond acceptors (Lipinski definition) is 3. The molecule has 0 aliphatic heterocycles. The molecular formula is C45H83NO3. The molecular weight excluding hydrogens is 602 g/mol. The number of aliphatic hydroxyl groups excluding tert-OH is 2. The molecule has 0 radical (unpaired) electrons. The van der Waals surface area contributed by atoms with Gasteiger partial charge in [-0.05, 0) is 64.2 Å². The summed E-state index contributed by atoms with van der Waals surface area (Å²) in [6, 6.07) is -0.646. The normalized spacial score (nSPS) is 13.5. The number of carbonyl (C=O) groups is 1. The fraction of sp³-hybridized carbons (Fsp3) is 0.800. The molecule has 0 fully saturated rings. The molecule has 0 aliphatic carbocycles. The first-order valence-corrected chi connectivity index (χ1v) is 21.4. The zero-order chi connectivity index (χ0) is 35.7. The van der Waals surface area contributed by atoms with Gasteiger partial charge in [0, 0.05) is 6.42 Å². The van der Waals surface area contributed by atoms with Crippen molar-refractivity contribution in [2.75, 3.05) is 6.61 Å². The van der Waals surface area contributed by atoms with E-state index in [4.69, 9.17) is 0 Å². The Morgan fingerprint density at radius 3 is 1.35 bits per heavy atom. The minimum atomic E-state index is -0.868. The first-order valence-electron chi connectivity index (χ1n) is 21.4. The summed E-state index contributed by atoms with van der Waals surface area (Å²) in [6.45, 7) is 4.26. The Morgan fingerprint density at radius 2 is 0.857 bits per heavy atom. The zero-order valence-electron chi connectivity index (χ0n) is 32.7. The molecule has 0 aromatic rings. The second-order valence-electron chi connectivity index (χ2n) is 14.4. The standard InChI is InChI=1S/C45H83NO3/c1-3-5-7-9-11-13-15-17-19-20-21-22-23-24-25-27-28-30-32-34-36-38-40-44(48)43(42-47)46-45(49)41-39-37-35-33-31-29-26-18-16-14-12-10-8-6-4-2/h12,14,18,26,30,32,38,40,43-44,47-48H,3-11,13,15-17,19-25,27-29,31,33-37,39,41-42H2,1-2H3,(H,46,49)/b14-12-,26-18-,32-30+,40-38+. The largest absolute Gasteiger partial charge is 0.394 e. The number of nitrogens with one attached hydrogen (secondary N) is 1.